The minimum absolute atomic E-state index is 0.373. The highest BCUT2D eigenvalue weighted by Crippen LogP contribution is 1.91. The Balaban J connectivity index is 2.92. The lowest BCUT2D eigenvalue weighted by molar-refractivity contribution is 0.111. The van der Waals surface area contributed by atoms with E-state index in [1.165, 1.54) is 0 Å². The molecule has 0 aliphatic rings. The standard InChI is InChI=1S/C7H6N2O/c1-2-4-9-5-3-8-7(9)6-10/h1,3,5-6H,4H2. The van der Waals surface area contributed by atoms with Crippen LogP contribution in [-0.2, 0) is 6.54 Å². The lowest BCUT2D eigenvalue weighted by Crippen LogP contribution is -1.99. The van der Waals surface area contributed by atoms with Crippen LogP contribution in [0.3, 0.4) is 0 Å². The second-order valence-corrected chi connectivity index (χ2v) is 1.74. The van der Waals surface area contributed by atoms with Crippen LogP contribution in [0, 0.1) is 12.3 Å². The van der Waals surface area contributed by atoms with Gasteiger partial charge in [-0.3, -0.25) is 4.79 Å². The second kappa shape index (κ2) is 2.83. The summed E-state index contributed by atoms with van der Waals surface area (Å²) in [5, 5.41) is 0. The molecule has 3 heteroatoms. The molecule has 0 aromatic carbocycles. The summed E-state index contributed by atoms with van der Waals surface area (Å²) in [7, 11) is 0. The summed E-state index contributed by atoms with van der Waals surface area (Å²) in [6.45, 7) is 0.397. The molecule has 1 heterocycles. The van der Waals surface area contributed by atoms with Crippen molar-refractivity contribution in [1.82, 2.24) is 9.55 Å². The number of nitrogens with zero attached hydrogens (tertiary/aromatic N) is 2. The van der Waals surface area contributed by atoms with Gasteiger partial charge in [0, 0.05) is 12.4 Å². The Bertz CT molecular complexity index is 269. The molecular weight excluding hydrogens is 128 g/mol. The lowest BCUT2D eigenvalue weighted by atomic mass is 10.6. The van der Waals surface area contributed by atoms with Crippen LogP contribution in [0.2, 0.25) is 0 Å². The van der Waals surface area contributed by atoms with Crippen molar-refractivity contribution in [2.24, 2.45) is 0 Å². The summed E-state index contributed by atoms with van der Waals surface area (Å²) in [6, 6.07) is 0. The molecule has 3 nitrogen and oxygen atoms in total. The van der Waals surface area contributed by atoms with Crippen LogP contribution >= 0.6 is 0 Å². The highest BCUT2D eigenvalue weighted by Gasteiger charge is 1.96. The third-order valence-electron chi connectivity index (χ3n) is 1.11. The Morgan fingerprint density at radius 2 is 2.70 bits per heavy atom. The van der Waals surface area contributed by atoms with Crippen LogP contribution < -0.4 is 0 Å². The second-order valence-electron chi connectivity index (χ2n) is 1.74. The summed E-state index contributed by atoms with van der Waals surface area (Å²) in [5.74, 6) is 2.78. The normalized spacial score (nSPS) is 8.70. The first kappa shape index (κ1) is 6.56. The quantitative estimate of drug-likeness (QED) is 0.431. The van der Waals surface area contributed by atoms with Gasteiger partial charge in [-0.25, -0.2) is 4.98 Å². The van der Waals surface area contributed by atoms with E-state index in [-0.39, 0.29) is 0 Å². The summed E-state index contributed by atoms with van der Waals surface area (Å²) in [6.07, 6.45) is 8.92. The molecule has 0 N–H and O–H groups in total. The van der Waals surface area contributed by atoms with E-state index in [2.05, 4.69) is 10.9 Å². The van der Waals surface area contributed by atoms with Gasteiger partial charge < -0.3 is 4.57 Å². The minimum Gasteiger partial charge on any atom is -0.317 e. The molecule has 0 bridgehead atoms. The van der Waals surface area contributed by atoms with Gasteiger partial charge in [0.2, 0.25) is 0 Å². The molecule has 0 aliphatic carbocycles. The SMILES string of the molecule is C#CCn1ccnc1C=O. The van der Waals surface area contributed by atoms with Crippen molar-refractivity contribution in [2.45, 2.75) is 6.54 Å². The van der Waals surface area contributed by atoms with Gasteiger partial charge in [0.15, 0.2) is 12.1 Å². The highest BCUT2D eigenvalue weighted by molar-refractivity contribution is 5.69. The largest absolute Gasteiger partial charge is 0.317 e. The molecule has 0 amide bonds. The van der Waals surface area contributed by atoms with Crippen LogP contribution in [0.1, 0.15) is 10.6 Å². The zero-order valence-corrected chi connectivity index (χ0v) is 5.32. The van der Waals surface area contributed by atoms with Crippen molar-refractivity contribution in [1.29, 1.82) is 0 Å². The third kappa shape index (κ3) is 1.06. The highest BCUT2D eigenvalue weighted by atomic mass is 16.1. The Labute approximate surface area is 58.7 Å². The Morgan fingerprint density at radius 1 is 1.90 bits per heavy atom. The molecule has 50 valence electrons. The number of aromatic nitrogens is 2. The number of aldehydes is 1. The molecule has 0 fully saturated rings. The summed E-state index contributed by atoms with van der Waals surface area (Å²) in [4.78, 5) is 14.0. The summed E-state index contributed by atoms with van der Waals surface area (Å²) < 4.78 is 1.60. The van der Waals surface area contributed by atoms with Gasteiger partial charge >= 0.3 is 0 Å². The fourth-order valence-electron chi connectivity index (χ4n) is 0.671. The molecular formula is C7H6N2O. The van der Waals surface area contributed by atoms with Crippen LogP contribution in [0.25, 0.3) is 0 Å². The molecule has 1 aromatic rings. The molecule has 0 saturated carbocycles. The van der Waals surface area contributed by atoms with E-state index in [1.807, 2.05) is 0 Å². The van der Waals surface area contributed by atoms with Crippen molar-refractivity contribution >= 4 is 6.29 Å². The van der Waals surface area contributed by atoms with Crippen LogP contribution in [-0.4, -0.2) is 15.8 Å². The number of hydrogen-bond donors (Lipinski definition) is 0. The Hall–Kier alpha value is -1.56. The van der Waals surface area contributed by atoms with Gasteiger partial charge in [-0.2, -0.15) is 0 Å². The molecule has 0 spiro atoms. The van der Waals surface area contributed by atoms with E-state index >= 15 is 0 Å². The molecule has 0 saturated heterocycles. The van der Waals surface area contributed by atoms with Crippen molar-refractivity contribution < 1.29 is 4.79 Å². The van der Waals surface area contributed by atoms with Gasteiger partial charge in [0.25, 0.3) is 0 Å². The maximum Gasteiger partial charge on any atom is 0.185 e. The number of carbonyl (C=O) groups excluding carboxylic acids is 1. The predicted molar refractivity (Wildman–Crippen MR) is 36.4 cm³/mol. The molecule has 10 heavy (non-hydrogen) atoms. The Kier molecular flexibility index (Phi) is 1.86. The van der Waals surface area contributed by atoms with Crippen LogP contribution in [0.4, 0.5) is 0 Å². The van der Waals surface area contributed by atoms with Crippen LogP contribution in [0.5, 0.6) is 0 Å². The van der Waals surface area contributed by atoms with Gasteiger partial charge in [-0.05, 0) is 0 Å². The van der Waals surface area contributed by atoms with E-state index in [1.54, 1.807) is 17.0 Å². The van der Waals surface area contributed by atoms with Gasteiger partial charge in [0.05, 0.1) is 6.54 Å². The van der Waals surface area contributed by atoms with E-state index in [4.69, 9.17) is 6.42 Å². The third-order valence-corrected chi connectivity index (χ3v) is 1.11. The van der Waals surface area contributed by atoms with Crippen LogP contribution in [0.15, 0.2) is 12.4 Å². The summed E-state index contributed by atoms with van der Waals surface area (Å²) >= 11 is 0. The average Bonchev–Trinajstić information content (AvgIpc) is 2.36. The molecule has 0 unspecified atom stereocenters. The van der Waals surface area contributed by atoms with E-state index in [0.29, 0.717) is 18.7 Å². The average molecular weight is 134 g/mol. The fraction of sp³-hybridized carbons (Fsp3) is 0.143. The van der Waals surface area contributed by atoms with E-state index < -0.39 is 0 Å². The molecule has 0 atom stereocenters. The Morgan fingerprint density at radius 3 is 3.30 bits per heavy atom. The molecule has 0 aliphatic heterocycles. The number of rotatable bonds is 2. The number of terminal acetylenes is 1. The van der Waals surface area contributed by atoms with Crippen molar-refractivity contribution in [2.75, 3.05) is 0 Å². The zero-order chi connectivity index (χ0) is 7.40. The van der Waals surface area contributed by atoms with Gasteiger partial charge in [-0.15, -0.1) is 6.42 Å². The maximum atomic E-state index is 10.2. The van der Waals surface area contributed by atoms with Crippen molar-refractivity contribution in [3.63, 3.8) is 0 Å². The first-order valence-electron chi connectivity index (χ1n) is 2.78. The van der Waals surface area contributed by atoms with Crippen molar-refractivity contribution in [3.8, 4) is 12.3 Å². The first-order valence-corrected chi connectivity index (χ1v) is 2.78. The van der Waals surface area contributed by atoms with E-state index in [0.717, 1.165) is 0 Å². The number of hydrogen-bond acceptors (Lipinski definition) is 2. The number of imidazole rings is 1. The van der Waals surface area contributed by atoms with E-state index in [9.17, 15) is 4.79 Å². The lowest BCUT2D eigenvalue weighted by Gasteiger charge is -1.93. The van der Waals surface area contributed by atoms with Gasteiger partial charge in [0.1, 0.15) is 0 Å². The molecule has 0 radical (unpaired) electrons. The minimum atomic E-state index is 0.373. The maximum absolute atomic E-state index is 10.2. The summed E-state index contributed by atoms with van der Waals surface area (Å²) in [5.41, 5.74) is 0. The predicted octanol–water partition coefficient (Wildman–Crippen LogP) is 0.329. The van der Waals surface area contributed by atoms with Crippen molar-refractivity contribution in [3.05, 3.63) is 18.2 Å². The monoisotopic (exact) mass is 134 g/mol. The number of carbonyl (C=O) groups is 1. The molecule has 1 aromatic heterocycles. The smallest absolute Gasteiger partial charge is 0.185 e. The topological polar surface area (TPSA) is 34.9 Å². The first-order chi connectivity index (χ1) is 4.88. The fourth-order valence-corrected chi connectivity index (χ4v) is 0.671. The molecule has 1 rings (SSSR count). The van der Waals surface area contributed by atoms with Gasteiger partial charge in [-0.1, -0.05) is 5.92 Å². The zero-order valence-electron chi connectivity index (χ0n) is 5.32.